The van der Waals surface area contributed by atoms with Crippen molar-refractivity contribution in [3.05, 3.63) is 32.6 Å². The summed E-state index contributed by atoms with van der Waals surface area (Å²) in [5.41, 5.74) is -0.195. The molecule has 1 N–H and O–H groups in total. The van der Waals surface area contributed by atoms with Gasteiger partial charge >= 0.3 is 5.69 Å². The summed E-state index contributed by atoms with van der Waals surface area (Å²) in [5.74, 6) is 0.434. The topological polar surface area (TPSA) is 64.1 Å². The molecule has 1 aliphatic heterocycles. The first-order valence-electron chi connectivity index (χ1n) is 6.00. The number of ether oxygens (including phenoxy) is 1. The highest BCUT2D eigenvalue weighted by molar-refractivity contribution is 5.01. The van der Waals surface area contributed by atoms with Crippen molar-refractivity contribution in [2.24, 2.45) is 5.92 Å². The maximum atomic E-state index is 11.7. The zero-order valence-electron chi connectivity index (χ0n) is 10.4. The van der Waals surface area contributed by atoms with E-state index in [-0.39, 0.29) is 17.9 Å². The Labute approximate surface area is 99.4 Å². The van der Waals surface area contributed by atoms with Crippen LogP contribution >= 0.6 is 0 Å². The van der Waals surface area contributed by atoms with E-state index in [1.807, 2.05) is 0 Å². The Morgan fingerprint density at radius 1 is 1.53 bits per heavy atom. The summed E-state index contributed by atoms with van der Waals surface area (Å²) in [5, 5.41) is 0. The maximum Gasteiger partial charge on any atom is 0.330 e. The lowest BCUT2D eigenvalue weighted by Crippen LogP contribution is -2.33. The highest BCUT2D eigenvalue weighted by Gasteiger charge is 2.32. The van der Waals surface area contributed by atoms with Gasteiger partial charge in [0.2, 0.25) is 0 Å². The first kappa shape index (κ1) is 12.1. The normalized spacial score (nSPS) is 28.5. The van der Waals surface area contributed by atoms with Crippen molar-refractivity contribution in [3.8, 4) is 0 Å². The van der Waals surface area contributed by atoms with E-state index < -0.39 is 5.69 Å². The lowest BCUT2D eigenvalue weighted by molar-refractivity contribution is -0.00768. The Bertz CT molecular complexity index is 517. The lowest BCUT2D eigenvalue weighted by Gasteiger charge is -2.15. The number of H-pyrrole nitrogens is 1. The van der Waals surface area contributed by atoms with Crippen molar-refractivity contribution in [2.75, 3.05) is 0 Å². The minimum absolute atomic E-state index is 0.194. The second-order valence-electron chi connectivity index (χ2n) is 4.73. The summed E-state index contributed by atoms with van der Waals surface area (Å²) < 4.78 is 7.31. The third-order valence-electron chi connectivity index (χ3n) is 3.40. The molecule has 0 unspecified atom stereocenters. The second kappa shape index (κ2) is 4.49. The highest BCUT2D eigenvalue weighted by Crippen LogP contribution is 2.33. The Morgan fingerprint density at radius 2 is 2.24 bits per heavy atom. The molecule has 3 atom stereocenters. The van der Waals surface area contributed by atoms with Gasteiger partial charge in [-0.2, -0.15) is 0 Å². The van der Waals surface area contributed by atoms with Crippen LogP contribution in [0.1, 0.15) is 38.5 Å². The molecule has 0 amide bonds. The predicted octanol–water partition coefficient (Wildman–Crippen LogP) is 1.18. The third-order valence-corrected chi connectivity index (χ3v) is 3.40. The number of hydrogen-bond donors (Lipinski definition) is 1. The van der Waals surface area contributed by atoms with Crippen LogP contribution in [0.15, 0.2) is 15.8 Å². The fraction of sp³-hybridized carbons (Fsp3) is 0.667. The van der Waals surface area contributed by atoms with Gasteiger partial charge in [0.15, 0.2) is 0 Å². The molecular formula is C12H18N2O3. The van der Waals surface area contributed by atoms with Gasteiger partial charge in [0.25, 0.3) is 5.56 Å². The molecule has 0 aliphatic carbocycles. The molecular weight excluding hydrogens is 220 g/mol. The van der Waals surface area contributed by atoms with Crippen molar-refractivity contribution >= 4 is 0 Å². The minimum atomic E-state index is -0.394. The quantitative estimate of drug-likeness (QED) is 0.841. The summed E-state index contributed by atoms with van der Waals surface area (Å²) in [6, 6.07) is 0. The monoisotopic (exact) mass is 238 g/mol. The van der Waals surface area contributed by atoms with Gasteiger partial charge in [-0.1, -0.05) is 13.8 Å². The fourth-order valence-electron chi connectivity index (χ4n) is 2.34. The lowest BCUT2D eigenvalue weighted by atomic mass is 10.0. The van der Waals surface area contributed by atoms with Crippen LogP contribution in [-0.4, -0.2) is 15.7 Å². The van der Waals surface area contributed by atoms with Crippen molar-refractivity contribution < 1.29 is 4.74 Å². The predicted molar refractivity (Wildman–Crippen MR) is 64.0 cm³/mol. The van der Waals surface area contributed by atoms with Gasteiger partial charge in [-0.15, -0.1) is 0 Å². The van der Waals surface area contributed by atoms with Gasteiger partial charge < -0.3 is 4.74 Å². The van der Waals surface area contributed by atoms with Crippen LogP contribution in [0.2, 0.25) is 0 Å². The summed E-state index contributed by atoms with van der Waals surface area (Å²) in [6.45, 7) is 5.88. The van der Waals surface area contributed by atoms with E-state index in [2.05, 4.69) is 18.8 Å². The Hall–Kier alpha value is -1.36. The van der Waals surface area contributed by atoms with Gasteiger partial charge in [0, 0.05) is 11.8 Å². The summed E-state index contributed by atoms with van der Waals surface area (Å²) in [6.07, 6.45) is 3.27. The number of hydrogen-bond acceptors (Lipinski definition) is 3. The molecule has 1 fully saturated rings. The first-order chi connectivity index (χ1) is 8.02. The molecule has 0 bridgehead atoms. The molecule has 5 heteroatoms. The zero-order chi connectivity index (χ0) is 12.6. The number of rotatable bonds is 2. The van der Waals surface area contributed by atoms with Crippen LogP contribution in [-0.2, 0) is 4.74 Å². The molecule has 17 heavy (non-hydrogen) atoms. The minimum Gasteiger partial charge on any atom is -0.354 e. The van der Waals surface area contributed by atoms with Gasteiger partial charge in [0.1, 0.15) is 6.23 Å². The maximum absolute atomic E-state index is 11.7. The SMILES string of the molecule is CC[C@@H]1O[C@H](n2cc(C)c(=O)[nH]c2=O)C[C@H]1C. The molecule has 1 aromatic heterocycles. The number of aromatic amines is 1. The first-order valence-corrected chi connectivity index (χ1v) is 6.00. The number of nitrogens with one attached hydrogen (secondary N) is 1. The van der Waals surface area contributed by atoms with Crippen molar-refractivity contribution in [3.63, 3.8) is 0 Å². The molecule has 0 radical (unpaired) electrons. The van der Waals surface area contributed by atoms with Crippen LogP contribution in [0, 0.1) is 12.8 Å². The third kappa shape index (κ3) is 2.20. The van der Waals surface area contributed by atoms with Crippen LogP contribution in [0.4, 0.5) is 0 Å². The number of aryl methyl sites for hydroxylation is 1. The van der Waals surface area contributed by atoms with Gasteiger partial charge in [-0.05, 0) is 25.7 Å². The average Bonchev–Trinajstić information content (AvgIpc) is 2.65. The fourth-order valence-corrected chi connectivity index (χ4v) is 2.34. The summed E-state index contributed by atoms with van der Waals surface area (Å²) in [4.78, 5) is 25.3. The Morgan fingerprint density at radius 3 is 2.82 bits per heavy atom. The van der Waals surface area contributed by atoms with Gasteiger partial charge in [0.05, 0.1) is 6.10 Å². The summed E-state index contributed by atoms with van der Waals surface area (Å²) in [7, 11) is 0. The molecule has 1 aliphatic rings. The molecule has 5 nitrogen and oxygen atoms in total. The van der Waals surface area contributed by atoms with E-state index in [1.165, 1.54) is 4.57 Å². The van der Waals surface area contributed by atoms with Gasteiger partial charge in [-0.25, -0.2) is 4.79 Å². The second-order valence-corrected chi connectivity index (χ2v) is 4.73. The molecule has 0 aromatic carbocycles. The number of nitrogens with zero attached hydrogens (tertiary/aromatic N) is 1. The number of aromatic nitrogens is 2. The van der Waals surface area contributed by atoms with Crippen molar-refractivity contribution in [1.29, 1.82) is 0 Å². The Balaban J connectivity index is 2.34. The summed E-state index contributed by atoms with van der Waals surface area (Å²) >= 11 is 0. The van der Waals surface area contributed by atoms with Crippen molar-refractivity contribution in [2.45, 2.75) is 45.9 Å². The van der Waals surface area contributed by atoms with Crippen LogP contribution in [0.5, 0.6) is 0 Å². The molecule has 1 aromatic rings. The molecule has 0 spiro atoms. The van der Waals surface area contributed by atoms with E-state index in [4.69, 9.17) is 4.74 Å². The average molecular weight is 238 g/mol. The van der Waals surface area contributed by atoms with Crippen LogP contribution < -0.4 is 11.2 Å². The largest absolute Gasteiger partial charge is 0.354 e. The standard InChI is InChI=1S/C12H18N2O3/c1-4-9-7(2)5-10(17-9)14-6-8(3)11(15)13-12(14)16/h6-7,9-10H,4-5H2,1-3H3,(H,13,15,16)/t7-,9+,10+/m1/s1. The van der Waals surface area contributed by atoms with E-state index >= 15 is 0 Å². The molecule has 2 heterocycles. The highest BCUT2D eigenvalue weighted by atomic mass is 16.5. The molecule has 94 valence electrons. The molecule has 0 saturated carbocycles. The Kier molecular flexibility index (Phi) is 3.19. The molecule has 2 rings (SSSR count). The van der Waals surface area contributed by atoms with E-state index in [1.54, 1.807) is 13.1 Å². The zero-order valence-corrected chi connectivity index (χ0v) is 10.4. The smallest absolute Gasteiger partial charge is 0.330 e. The van der Waals surface area contributed by atoms with Crippen molar-refractivity contribution in [1.82, 2.24) is 9.55 Å². The van der Waals surface area contributed by atoms with Gasteiger partial charge in [-0.3, -0.25) is 14.3 Å². The van der Waals surface area contributed by atoms with E-state index in [9.17, 15) is 9.59 Å². The van der Waals surface area contributed by atoms with Crippen LogP contribution in [0.25, 0.3) is 0 Å². The van der Waals surface area contributed by atoms with E-state index in [0.29, 0.717) is 11.5 Å². The van der Waals surface area contributed by atoms with E-state index in [0.717, 1.165) is 12.8 Å². The van der Waals surface area contributed by atoms with Crippen LogP contribution in [0.3, 0.4) is 0 Å². The molecule has 1 saturated heterocycles.